The number of guanidine groups is 1. The number of aromatic nitrogens is 3. The fourth-order valence-corrected chi connectivity index (χ4v) is 2.66. The predicted octanol–water partition coefficient (Wildman–Crippen LogP) is 2.54. The summed E-state index contributed by atoms with van der Waals surface area (Å²) < 4.78 is 1.97. The number of halogens is 1. The van der Waals surface area contributed by atoms with Gasteiger partial charge in [-0.25, -0.2) is 4.99 Å². The lowest BCUT2D eigenvalue weighted by atomic mass is 9.87. The SMILES string of the molecule is C=CCNC(=NCc1nnc(C)n1C)NC1CCC(C)CC1.I. The average molecular weight is 432 g/mol. The number of nitrogens with zero attached hydrogens (tertiary/aromatic N) is 4. The first-order valence-corrected chi connectivity index (χ1v) is 8.10. The molecule has 1 aliphatic carbocycles. The van der Waals surface area contributed by atoms with Gasteiger partial charge in [-0.2, -0.15) is 0 Å². The number of aliphatic imine (C=N–C) groups is 1. The highest BCUT2D eigenvalue weighted by molar-refractivity contribution is 14.0. The number of nitrogens with one attached hydrogen (secondary N) is 2. The van der Waals surface area contributed by atoms with Crippen molar-refractivity contribution in [1.29, 1.82) is 0 Å². The van der Waals surface area contributed by atoms with Gasteiger partial charge in [0.25, 0.3) is 0 Å². The molecule has 1 fully saturated rings. The lowest BCUT2D eigenvalue weighted by Crippen LogP contribution is -2.44. The molecular weight excluding hydrogens is 403 g/mol. The largest absolute Gasteiger partial charge is 0.354 e. The lowest BCUT2D eigenvalue weighted by Gasteiger charge is -2.28. The maximum absolute atomic E-state index is 4.64. The van der Waals surface area contributed by atoms with Gasteiger partial charge in [-0.05, 0) is 38.5 Å². The lowest BCUT2D eigenvalue weighted by molar-refractivity contribution is 0.329. The topological polar surface area (TPSA) is 67.1 Å². The van der Waals surface area contributed by atoms with Crippen LogP contribution in [0, 0.1) is 12.8 Å². The van der Waals surface area contributed by atoms with Crippen LogP contribution >= 0.6 is 24.0 Å². The van der Waals surface area contributed by atoms with Crippen LogP contribution in [-0.2, 0) is 13.6 Å². The Hall–Kier alpha value is -1.12. The van der Waals surface area contributed by atoms with Crippen molar-refractivity contribution in [2.75, 3.05) is 6.54 Å². The normalized spacial score (nSPS) is 21.4. The summed E-state index contributed by atoms with van der Waals surface area (Å²) in [7, 11) is 1.97. The van der Waals surface area contributed by atoms with Gasteiger partial charge in [-0.1, -0.05) is 13.0 Å². The van der Waals surface area contributed by atoms with Crippen LogP contribution in [-0.4, -0.2) is 33.3 Å². The van der Waals surface area contributed by atoms with E-state index in [2.05, 4.69) is 39.3 Å². The van der Waals surface area contributed by atoms with Crippen molar-refractivity contribution in [1.82, 2.24) is 25.4 Å². The van der Waals surface area contributed by atoms with Gasteiger partial charge in [0.15, 0.2) is 11.8 Å². The van der Waals surface area contributed by atoms with Gasteiger partial charge < -0.3 is 15.2 Å². The molecule has 0 spiro atoms. The van der Waals surface area contributed by atoms with E-state index in [9.17, 15) is 0 Å². The van der Waals surface area contributed by atoms with Crippen LogP contribution in [0.15, 0.2) is 17.6 Å². The van der Waals surface area contributed by atoms with Crippen LogP contribution < -0.4 is 10.6 Å². The fraction of sp³-hybridized carbons (Fsp3) is 0.688. The van der Waals surface area contributed by atoms with E-state index in [4.69, 9.17) is 0 Å². The molecule has 1 aromatic rings. The van der Waals surface area contributed by atoms with Gasteiger partial charge in [0.05, 0.1) is 0 Å². The maximum Gasteiger partial charge on any atom is 0.192 e. The first-order valence-electron chi connectivity index (χ1n) is 8.10. The van der Waals surface area contributed by atoms with Gasteiger partial charge in [-0.15, -0.1) is 40.8 Å². The molecule has 1 heterocycles. The zero-order chi connectivity index (χ0) is 15.9. The summed E-state index contributed by atoms with van der Waals surface area (Å²) in [6.07, 6.45) is 6.83. The third-order valence-electron chi connectivity index (χ3n) is 4.33. The quantitative estimate of drug-likeness (QED) is 0.325. The van der Waals surface area contributed by atoms with E-state index in [1.807, 2.05) is 24.6 Å². The first kappa shape index (κ1) is 19.9. The molecule has 2 rings (SSSR count). The molecule has 1 aromatic heterocycles. The molecule has 0 amide bonds. The molecule has 0 bridgehead atoms. The molecule has 0 aliphatic heterocycles. The molecule has 6 nitrogen and oxygen atoms in total. The highest BCUT2D eigenvalue weighted by Crippen LogP contribution is 2.23. The highest BCUT2D eigenvalue weighted by atomic mass is 127. The van der Waals surface area contributed by atoms with Crippen molar-refractivity contribution in [3.8, 4) is 0 Å². The fourth-order valence-electron chi connectivity index (χ4n) is 2.66. The summed E-state index contributed by atoms with van der Waals surface area (Å²) in [5.74, 6) is 3.45. The van der Waals surface area contributed by atoms with E-state index >= 15 is 0 Å². The van der Waals surface area contributed by atoms with E-state index in [0.717, 1.165) is 23.5 Å². The Balaban J connectivity index is 0.00000264. The van der Waals surface area contributed by atoms with Crippen LogP contribution in [0.4, 0.5) is 0 Å². The van der Waals surface area contributed by atoms with Gasteiger partial charge in [0.1, 0.15) is 12.4 Å². The van der Waals surface area contributed by atoms with Crippen LogP contribution in [0.5, 0.6) is 0 Å². The Bertz CT molecular complexity index is 517. The van der Waals surface area contributed by atoms with Crippen LogP contribution in [0.1, 0.15) is 44.3 Å². The van der Waals surface area contributed by atoms with Crippen LogP contribution in [0.2, 0.25) is 0 Å². The molecule has 0 aromatic carbocycles. The van der Waals surface area contributed by atoms with Crippen molar-refractivity contribution in [2.45, 2.75) is 52.1 Å². The van der Waals surface area contributed by atoms with Crippen molar-refractivity contribution >= 4 is 29.9 Å². The Morgan fingerprint density at radius 3 is 2.61 bits per heavy atom. The van der Waals surface area contributed by atoms with Gasteiger partial charge in [0, 0.05) is 19.6 Å². The van der Waals surface area contributed by atoms with Crippen molar-refractivity contribution < 1.29 is 0 Å². The molecule has 130 valence electrons. The zero-order valence-corrected chi connectivity index (χ0v) is 16.7. The molecule has 1 aliphatic rings. The molecule has 0 saturated heterocycles. The summed E-state index contributed by atoms with van der Waals surface area (Å²) in [5, 5.41) is 15.1. The molecular formula is C16H29IN6. The maximum atomic E-state index is 4.64. The molecule has 0 atom stereocenters. The number of hydrogen-bond donors (Lipinski definition) is 2. The molecule has 0 unspecified atom stereocenters. The van der Waals surface area contributed by atoms with E-state index in [0.29, 0.717) is 19.1 Å². The van der Waals surface area contributed by atoms with Crippen LogP contribution in [0.3, 0.4) is 0 Å². The van der Waals surface area contributed by atoms with Crippen LogP contribution in [0.25, 0.3) is 0 Å². The van der Waals surface area contributed by atoms with E-state index in [-0.39, 0.29) is 24.0 Å². The van der Waals surface area contributed by atoms with Gasteiger partial charge >= 0.3 is 0 Å². The van der Waals surface area contributed by atoms with Crippen molar-refractivity contribution in [2.24, 2.45) is 18.0 Å². The van der Waals surface area contributed by atoms with Crippen molar-refractivity contribution in [3.63, 3.8) is 0 Å². The number of hydrogen-bond acceptors (Lipinski definition) is 3. The van der Waals surface area contributed by atoms with E-state index in [1.165, 1.54) is 25.7 Å². The van der Waals surface area contributed by atoms with E-state index < -0.39 is 0 Å². The molecule has 1 saturated carbocycles. The van der Waals surface area contributed by atoms with E-state index in [1.54, 1.807) is 0 Å². The second-order valence-corrected chi connectivity index (χ2v) is 6.16. The minimum Gasteiger partial charge on any atom is -0.354 e. The Kier molecular flexibility index (Phi) is 8.57. The third kappa shape index (κ3) is 6.12. The molecule has 7 heteroatoms. The highest BCUT2D eigenvalue weighted by Gasteiger charge is 2.19. The number of aryl methyl sites for hydroxylation is 1. The summed E-state index contributed by atoms with van der Waals surface area (Å²) >= 11 is 0. The first-order chi connectivity index (χ1) is 10.6. The predicted molar refractivity (Wildman–Crippen MR) is 105 cm³/mol. The summed E-state index contributed by atoms with van der Waals surface area (Å²) in [6, 6.07) is 0.508. The minimum absolute atomic E-state index is 0. The Labute approximate surface area is 156 Å². The standard InChI is InChI=1S/C16H28N6.HI/c1-5-10-17-16(19-14-8-6-12(2)7-9-14)18-11-15-21-20-13(3)22(15)4;/h5,12,14H,1,6-11H2,2-4H3,(H2,17,18,19);1H. The molecule has 0 radical (unpaired) electrons. The van der Waals surface area contributed by atoms with Gasteiger partial charge in [0.2, 0.25) is 0 Å². The van der Waals surface area contributed by atoms with Gasteiger partial charge in [-0.3, -0.25) is 0 Å². The summed E-state index contributed by atoms with van der Waals surface area (Å²) in [6.45, 7) is 9.25. The second kappa shape index (κ2) is 9.89. The summed E-state index contributed by atoms with van der Waals surface area (Å²) in [4.78, 5) is 4.64. The Morgan fingerprint density at radius 1 is 1.35 bits per heavy atom. The smallest absolute Gasteiger partial charge is 0.192 e. The molecule has 2 N–H and O–H groups in total. The zero-order valence-electron chi connectivity index (χ0n) is 14.4. The number of rotatable bonds is 5. The molecule has 23 heavy (non-hydrogen) atoms. The average Bonchev–Trinajstić information content (AvgIpc) is 2.84. The summed E-state index contributed by atoms with van der Waals surface area (Å²) in [5.41, 5.74) is 0. The van der Waals surface area contributed by atoms with Crippen molar-refractivity contribution in [3.05, 3.63) is 24.3 Å². The second-order valence-electron chi connectivity index (χ2n) is 6.16. The minimum atomic E-state index is 0. The Morgan fingerprint density at radius 2 is 2.04 bits per heavy atom. The third-order valence-corrected chi connectivity index (χ3v) is 4.33. The monoisotopic (exact) mass is 432 g/mol.